The Morgan fingerprint density at radius 2 is 2.24 bits per heavy atom. The van der Waals surface area contributed by atoms with E-state index in [9.17, 15) is 4.79 Å². The normalized spacial score (nSPS) is 9.94. The minimum atomic E-state index is -0.567. The van der Waals surface area contributed by atoms with Crippen molar-refractivity contribution in [3.63, 3.8) is 0 Å². The molecular weight excluding hydrogens is 284 g/mol. The molecule has 0 saturated carbocycles. The summed E-state index contributed by atoms with van der Waals surface area (Å²) in [6, 6.07) is 7.50. The van der Waals surface area contributed by atoms with Crippen molar-refractivity contribution >= 4 is 33.3 Å². The van der Waals surface area contributed by atoms with Gasteiger partial charge in [-0.2, -0.15) is 0 Å². The third-order valence-corrected chi connectivity index (χ3v) is 2.56. The highest BCUT2D eigenvalue weighted by molar-refractivity contribution is 9.10. The molecule has 0 unspecified atom stereocenters. The molecule has 0 aliphatic rings. The van der Waals surface area contributed by atoms with E-state index in [1.165, 1.54) is 12.5 Å². The van der Waals surface area contributed by atoms with Gasteiger partial charge in [-0.05, 0) is 18.2 Å². The average Bonchev–Trinajstić information content (AvgIpc) is 2.29. The van der Waals surface area contributed by atoms with E-state index < -0.39 is 5.91 Å². The highest BCUT2D eigenvalue weighted by Crippen LogP contribution is 2.20. The van der Waals surface area contributed by atoms with Crippen molar-refractivity contribution in [3.05, 3.63) is 46.8 Å². The largest absolute Gasteiger partial charge is 0.365 e. The van der Waals surface area contributed by atoms with Gasteiger partial charge in [0.15, 0.2) is 0 Å². The first-order valence-corrected chi connectivity index (χ1v) is 5.58. The smallest absolute Gasteiger partial charge is 0.254 e. The first-order chi connectivity index (χ1) is 8.16. The molecule has 86 valence electrons. The topological polar surface area (TPSA) is 80.9 Å². The molecule has 6 heteroatoms. The molecule has 2 aromatic rings. The van der Waals surface area contributed by atoms with Crippen LogP contribution in [0.2, 0.25) is 0 Å². The number of anilines is 2. The van der Waals surface area contributed by atoms with Crippen LogP contribution >= 0.6 is 15.9 Å². The van der Waals surface area contributed by atoms with Crippen LogP contribution in [0.15, 0.2) is 41.3 Å². The molecule has 1 amide bonds. The molecule has 3 N–H and O–H groups in total. The zero-order valence-corrected chi connectivity index (χ0v) is 10.3. The maximum Gasteiger partial charge on any atom is 0.254 e. The molecule has 1 aromatic heterocycles. The number of benzene rings is 1. The zero-order valence-electron chi connectivity index (χ0n) is 8.72. The third kappa shape index (κ3) is 2.79. The summed E-state index contributed by atoms with van der Waals surface area (Å²) in [5, 5.41) is 3.01. The average molecular weight is 293 g/mol. The number of hydrogen-bond acceptors (Lipinski definition) is 4. The molecule has 0 atom stereocenters. The monoisotopic (exact) mass is 292 g/mol. The van der Waals surface area contributed by atoms with Gasteiger partial charge in [0, 0.05) is 16.4 Å². The lowest BCUT2D eigenvalue weighted by atomic mass is 10.2. The minimum absolute atomic E-state index is 0.257. The number of nitrogens with one attached hydrogen (secondary N) is 1. The lowest BCUT2D eigenvalue weighted by Gasteiger charge is -2.08. The number of hydrogen-bond donors (Lipinski definition) is 2. The number of amides is 1. The molecular formula is C11H9BrN4O. The van der Waals surface area contributed by atoms with Gasteiger partial charge in [0.2, 0.25) is 0 Å². The number of carbonyl (C=O) groups is 1. The van der Waals surface area contributed by atoms with E-state index in [1.807, 2.05) is 24.3 Å². The van der Waals surface area contributed by atoms with E-state index >= 15 is 0 Å². The van der Waals surface area contributed by atoms with Crippen molar-refractivity contribution in [2.45, 2.75) is 0 Å². The van der Waals surface area contributed by atoms with Gasteiger partial charge in [0.05, 0.1) is 0 Å². The summed E-state index contributed by atoms with van der Waals surface area (Å²) >= 11 is 3.36. The lowest BCUT2D eigenvalue weighted by Crippen LogP contribution is -2.14. The van der Waals surface area contributed by atoms with Gasteiger partial charge < -0.3 is 11.1 Å². The predicted octanol–water partition coefficient (Wildman–Crippen LogP) is 2.08. The highest BCUT2D eigenvalue weighted by atomic mass is 79.9. The fourth-order valence-corrected chi connectivity index (χ4v) is 1.71. The summed E-state index contributed by atoms with van der Waals surface area (Å²) in [7, 11) is 0. The molecule has 5 nitrogen and oxygen atoms in total. The van der Waals surface area contributed by atoms with Gasteiger partial charge in [-0.25, -0.2) is 9.97 Å². The molecule has 0 radical (unpaired) electrons. The van der Waals surface area contributed by atoms with Crippen molar-refractivity contribution < 1.29 is 4.79 Å². The van der Waals surface area contributed by atoms with Gasteiger partial charge in [0.1, 0.15) is 17.7 Å². The number of nitrogens with two attached hydrogens (primary N) is 1. The predicted molar refractivity (Wildman–Crippen MR) is 68.0 cm³/mol. The molecule has 0 aliphatic carbocycles. The van der Waals surface area contributed by atoms with Crippen LogP contribution in [-0.4, -0.2) is 15.9 Å². The van der Waals surface area contributed by atoms with Crippen LogP contribution in [0.4, 0.5) is 11.5 Å². The molecule has 1 aromatic carbocycles. The number of carbonyl (C=O) groups excluding carboxylic acids is 1. The second-order valence-corrected chi connectivity index (χ2v) is 4.20. The van der Waals surface area contributed by atoms with Crippen molar-refractivity contribution in [2.24, 2.45) is 5.73 Å². The van der Waals surface area contributed by atoms with Crippen LogP contribution in [0, 0.1) is 0 Å². The van der Waals surface area contributed by atoms with Crippen molar-refractivity contribution in [3.8, 4) is 0 Å². The van der Waals surface area contributed by atoms with Crippen LogP contribution < -0.4 is 11.1 Å². The Balaban J connectivity index is 2.33. The fourth-order valence-electron chi connectivity index (χ4n) is 1.31. The zero-order chi connectivity index (χ0) is 12.3. The van der Waals surface area contributed by atoms with E-state index in [4.69, 9.17) is 5.73 Å². The van der Waals surface area contributed by atoms with Crippen LogP contribution in [0.5, 0.6) is 0 Å². The standard InChI is InChI=1S/C11H9BrN4O/c12-7-2-1-3-8(4-7)16-11-9(10(13)17)5-14-6-15-11/h1-6H,(H2,13,17)(H,14,15,16). The summed E-state index contributed by atoms with van der Waals surface area (Å²) in [6.45, 7) is 0. The number of nitrogens with zero attached hydrogens (tertiary/aromatic N) is 2. The Morgan fingerprint density at radius 3 is 2.94 bits per heavy atom. The van der Waals surface area contributed by atoms with E-state index in [0.717, 1.165) is 10.2 Å². The lowest BCUT2D eigenvalue weighted by molar-refractivity contribution is 0.100. The molecule has 0 spiro atoms. The third-order valence-electron chi connectivity index (χ3n) is 2.07. The molecule has 17 heavy (non-hydrogen) atoms. The fraction of sp³-hybridized carbons (Fsp3) is 0. The first kappa shape index (κ1) is 11.5. The summed E-state index contributed by atoms with van der Waals surface area (Å²) in [4.78, 5) is 18.9. The van der Waals surface area contributed by atoms with Gasteiger partial charge in [-0.15, -0.1) is 0 Å². The Labute approximate surface area is 106 Å². The van der Waals surface area contributed by atoms with Crippen molar-refractivity contribution in [1.29, 1.82) is 0 Å². The highest BCUT2D eigenvalue weighted by Gasteiger charge is 2.09. The second-order valence-electron chi connectivity index (χ2n) is 3.28. The maximum atomic E-state index is 11.2. The quantitative estimate of drug-likeness (QED) is 0.908. The van der Waals surface area contributed by atoms with Gasteiger partial charge in [-0.1, -0.05) is 22.0 Å². The molecule has 0 aliphatic heterocycles. The molecule has 0 bridgehead atoms. The summed E-state index contributed by atoms with van der Waals surface area (Å²) in [6.07, 6.45) is 2.74. The Morgan fingerprint density at radius 1 is 1.41 bits per heavy atom. The van der Waals surface area contributed by atoms with Gasteiger partial charge >= 0.3 is 0 Å². The Kier molecular flexibility index (Phi) is 3.34. The van der Waals surface area contributed by atoms with E-state index in [1.54, 1.807) is 0 Å². The SMILES string of the molecule is NC(=O)c1cncnc1Nc1cccc(Br)c1. The summed E-state index contributed by atoms with van der Waals surface area (Å²) in [5.74, 6) is -0.173. The Hall–Kier alpha value is -1.95. The Bertz CT molecular complexity index is 559. The van der Waals surface area contributed by atoms with E-state index in [2.05, 4.69) is 31.2 Å². The van der Waals surface area contributed by atoms with Crippen LogP contribution in [0.25, 0.3) is 0 Å². The minimum Gasteiger partial charge on any atom is -0.365 e. The number of halogens is 1. The number of aromatic nitrogens is 2. The molecule has 0 saturated heterocycles. The number of rotatable bonds is 3. The maximum absolute atomic E-state index is 11.2. The van der Waals surface area contributed by atoms with Crippen LogP contribution in [0.3, 0.4) is 0 Å². The van der Waals surface area contributed by atoms with Gasteiger partial charge in [0.25, 0.3) is 5.91 Å². The van der Waals surface area contributed by atoms with E-state index in [0.29, 0.717) is 5.82 Å². The van der Waals surface area contributed by atoms with Gasteiger partial charge in [-0.3, -0.25) is 4.79 Å². The van der Waals surface area contributed by atoms with Crippen molar-refractivity contribution in [1.82, 2.24) is 9.97 Å². The number of primary amides is 1. The molecule has 0 fully saturated rings. The summed E-state index contributed by atoms with van der Waals surface area (Å²) < 4.78 is 0.928. The molecule has 2 rings (SSSR count). The second kappa shape index (κ2) is 4.92. The molecule has 1 heterocycles. The van der Waals surface area contributed by atoms with E-state index in [-0.39, 0.29) is 5.56 Å². The van der Waals surface area contributed by atoms with Crippen LogP contribution in [-0.2, 0) is 0 Å². The van der Waals surface area contributed by atoms with Crippen LogP contribution in [0.1, 0.15) is 10.4 Å². The summed E-state index contributed by atoms with van der Waals surface area (Å²) in [5.41, 5.74) is 6.29. The first-order valence-electron chi connectivity index (χ1n) is 4.79. The van der Waals surface area contributed by atoms with Crippen molar-refractivity contribution in [2.75, 3.05) is 5.32 Å².